The minimum Gasteiger partial charge on any atom is -0.295 e. The molecule has 1 saturated heterocycles. The van der Waals surface area contributed by atoms with Crippen LogP contribution in [0.25, 0.3) is 5.69 Å². The molecule has 0 radical (unpaired) electrons. The van der Waals surface area contributed by atoms with Crippen LogP contribution in [0.1, 0.15) is 5.69 Å². The van der Waals surface area contributed by atoms with Crippen molar-refractivity contribution in [1.82, 2.24) is 24.0 Å². The Kier molecular flexibility index (Phi) is 5.02. The van der Waals surface area contributed by atoms with E-state index in [1.54, 1.807) is 18.3 Å². The maximum atomic E-state index is 12.7. The Bertz CT molecular complexity index is 981. The summed E-state index contributed by atoms with van der Waals surface area (Å²) in [5.41, 5.74) is 2.00. The van der Waals surface area contributed by atoms with Gasteiger partial charge < -0.3 is 0 Å². The van der Waals surface area contributed by atoms with Crippen LogP contribution in [0.2, 0.25) is 0 Å². The van der Waals surface area contributed by atoms with Gasteiger partial charge in [-0.2, -0.15) is 9.40 Å². The third-order valence-corrected chi connectivity index (χ3v) is 6.54. The Hall–Kier alpha value is -2.55. The largest absolute Gasteiger partial charge is 0.295 e. The maximum Gasteiger partial charge on any atom is 0.244 e. The fraction of sp³-hybridized carbons (Fsp3) is 0.263. The number of pyridine rings is 1. The molecule has 0 aliphatic carbocycles. The van der Waals surface area contributed by atoms with Crippen LogP contribution in [0.3, 0.4) is 0 Å². The molecule has 0 atom stereocenters. The monoisotopic (exact) mass is 383 g/mol. The molecule has 1 aliphatic heterocycles. The molecule has 0 saturated carbocycles. The lowest BCUT2D eigenvalue weighted by molar-refractivity contribution is 0.179. The molecule has 0 bridgehead atoms. The van der Waals surface area contributed by atoms with Crippen molar-refractivity contribution >= 4 is 10.0 Å². The van der Waals surface area contributed by atoms with Crippen molar-refractivity contribution in [3.63, 3.8) is 0 Å². The molecule has 0 spiro atoms. The van der Waals surface area contributed by atoms with Gasteiger partial charge >= 0.3 is 0 Å². The van der Waals surface area contributed by atoms with Crippen molar-refractivity contribution in [2.24, 2.45) is 0 Å². The third kappa shape index (κ3) is 3.92. The fourth-order valence-electron chi connectivity index (χ4n) is 3.18. The molecule has 3 heterocycles. The number of sulfonamides is 1. The Morgan fingerprint density at radius 2 is 1.70 bits per heavy atom. The average molecular weight is 383 g/mol. The van der Waals surface area contributed by atoms with E-state index in [9.17, 15) is 8.42 Å². The van der Waals surface area contributed by atoms with Gasteiger partial charge in [0.25, 0.3) is 0 Å². The van der Waals surface area contributed by atoms with Gasteiger partial charge in [0.15, 0.2) is 0 Å². The van der Waals surface area contributed by atoms with Gasteiger partial charge in [0.05, 0.1) is 11.4 Å². The molecule has 3 aromatic rings. The first kappa shape index (κ1) is 17.8. The number of hydrogen-bond donors (Lipinski definition) is 0. The van der Waals surface area contributed by atoms with Gasteiger partial charge in [0.2, 0.25) is 10.0 Å². The minimum absolute atomic E-state index is 0.250. The molecule has 0 amide bonds. The molecule has 8 heteroatoms. The molecule has 4 rings (SSSR count). The first-order chi connectivity index (χ1) is 13.1. The van der Waals surface area contributed by atoms with Crippen molar-refractivity contribution < 1.29 is 8.42 Å². The summed E-state index contributed by atoms with van der Waals surface area (Å²) in [5.74, 6) is 0. The zero-order valence-corrected chi connectivity index (χ0v) is 15.7. The third-order valence-electron chi connectivity index (χ3n) is 4.65. The first-order valence-electron chi connectivity index (χ1n) is 8.85. The highest BCUT2D eigenvalue weighted by molar-refractivity contribution is 7.89. The molecule has 0 N–H and O–H groups in total. The van der Waals surface area contributed by atoms with Crippen LogP contribution >= 0.6 is 0 Å². The first-order valence-corrected chi connectivity index (χ1v) is 10.3. The van der Waals surface area contributed by atoms with Gasteiger partial charge in [-0.15, -0.1) is 0 Å². The second-order valence-corrected chi connectivity index (χ2v) is 8.39. The fourth-order valence-corrected chi connectivity index (χ4v) is 4.56. The van der Waals surface area contributed by atoms with E-state index in [1.165, 1.54) is 10.5 Å². The van der Waals surface area contributed by atoms with Gasteiger partial charge in [0, 0.05) is 51.3 Å². The van der Waals surface area contributed by atoms with Crippen LogP contribution in [0.15, 0.2) is 72.0 Å². The topological polar surface area (TPSA) is 71.3 Å². The van der Waals surface area contributed by atoms with Crippen molar-refractivity contribution in [2.75, 3.05) is 26.2 Å². The summed E-state index contributed by atoms with van der Waals surface area (Å²) in [4.78, 5) is 6.40. The van der Waals surface area contributed by atoms with Gasteiger partial charge in [-0.1, -0.05) is 18.2 Å². The Balaban J connectivity index is 1.37. The quantitative estimate of drug-likeness (QED) is 0.672. The lowest BCUT2D eigenvalue weighted by atomic mass is 10.3. The minimum atomic E-state index is -3.47. The van der Waals surface area contributed by atoms with E-state index >= 15 is 0 Å². The predicted molar refractivity (Wildman–Crippen MR) is 102 cm³/mol. The molecule has 27 heavy (non-hydrogen) atoms. The molecule has 7 nitrogen and oxygen atoms in total. The molecule has 1 aromatic carbocycles. The zero-order chi connectivity index (χ0) is 18.7. The Morgan fingerprint density at radius 3 is 2.41 bits per heavy atom. The van der Waals surface area contributed by atoms with Crippen molar-refractivity contribution in [3.8, 4) is 5.69 Å². The number of benzene rings is 1. The molecule has 1 aliphatic rings. The van der Waals surface area contributed by atoms with Gasteiger partial charge in [-0.05, 0) is 30.3 Å². The number of rotatable bonds is 5. The second kappa shape index (κ2) is 7.59. The number of piperazine rings is 1. The molecule has 0 unspecified atom stereocenters. The number of aromatic nitrogens is 3. The molecular weight excluding hydrogens is 362 g/mol. The summed E-state index contributed by atoms with van der Waals surface area (Å²) in [6.07, 6.45) is 4.93. The van der Waals surface area contributed by atoms with Crippen LogP contribution in [0.4, 0.5) is 0 Å². The Labute approximate surface area is 158 Å². The standard InChI is InChI=1S/C19H21N5O2S/c25-27(26,19-7-4-9-20-15-19)23-13-11-22(12-14-23)16-17-8-10-24(21-17)18-5-2-1-3-6-18/h1-10,15H,11-14,16H2. The van der Waals surface area contributed by atoms with Crippen molar-refractivity contribution in [3.05, 3.63) is 72.8 Å². The average Bonchev–Trinajstić information content (AvgIpc) is 3.18. The van der Waals surface area contributed by atoms with Crippen LogP contribution in [-0.2, 0) is 16.6 Å². The van der Waals surface area contributed by atoms with E-state index < -0.39 is 10.0 Å². The highest BCUT2D eigenvalue weighted by atomic mass is 32.2. The lowest BCUT2D eigenvalue weighted by Gasteiger charge is -2.33. The number of para-hydroxylation sites is 1. The lowest BCUT2D eigenvalue weighted by Crippen LogP contribution is -2.48. The van der Waals surface area contributed by atoms with Gasteiger partial charge in [-0.3, -0.25) is 9.88 Å². The van der Waals surface area contributed by atoms with Crippen LogP contribution in [0, 0.1) is 0 Å². The maximum absolute atomic E-state index is 12.7. The van der Waals surface area contributed by atoms with Crippen molar-refractivity contribution in [1.29, 1.82) is 0 Å². The summed E-state index contributed by atoms with van der Waals surface area (Å²) < 4.78 is 28.7. The second-order valence-electron chi connectivity index (χ2n) is 6.46. The van der Waals surface area contributed by atoms with Crippen molar-refractivity contribution in [2.45, 2.75) is 11.4 Å². The van der Waals surface area contributed by atoms with E-state index in [-0.39, 0.29) is 4.90 Å². The SMILES string of the molecule is O=S(=O)(c1cccnc1)N1CCN(Cc2ccn(-c3ccccc3)n2)CC1. The van der Waals surface area contributed by atoms with E-state index in [4.69, 9.17) is 0 Å². The summed E-state index contributed by atoms with van der Waals surface area (Å²) in [6, 6.07) is 15.2. The summed E-state index contributed by atoms with van der Waals surface area (Å²) >= 11 is 0. The van der Waals surface area contributed by atoms with E-state index in [0.717, 1.165) is 11.4 Å². The van der Waals surface area contributed by atoms with Crippen LogP contribution < -0.4 is 0 Å². The highest BCUT2D eigenvalue weighted by Gasteiger charge is 2.28. The molecular formula is C19H21N5O2S. The number of hydrogen-bond acceptors (Lipinski definition) is 5. The Morgan fingerprint density at radius 1 is 0.926 bits per heavy atom. The van der Waals surface area contributed by atoms with E-state index in [0.29, 0.717) is 32.7 Å². The summed E-state index contributed by atoms with van der Waals surface area (Å²) in [7, 11) is -3.47. The van der Waals surface area contributed by atoms with Crippen LogP contribution in [0.5, 0.6) is 0 Å². The van der Waals surface area contributed by atoms with Crippen LogP contribution in [-0.4, -0.2) is 58.6 Å². The smallest absolute Gasteiger partial charge is 0.244 e. The normalized spacial score (nSPS) is 16.4. The molecule has 2 aromatic heterocycles. The highest BCUT2D eigenvalue weighted by Crippen LogP contribution is 2.17. The predicted octanol–water partition coefficient (Wildman–Crippen LogP) is 1.77. The molecule has 140 valence electrons. The van der Waals surface area contributed by atoms with Gasteiger partial charge in [-0.25, -0.2) is 13.1 Å². The summed E-state index contributed by atoms with van der Waals surface area (Å²) in [6.45, 7) is 3.00. The zero-order valence-electron chi connectivity index (χ0n) is 14.8. The van der Waals surface area contributed by atoms with E-state index in [2.05, 4.69) is 15.0 Å². The molecule has 1 fully saturated rings. The summed E-state index contributed by atoms with van der Waals surface area (Å²) in [5, 5.41) is 4.62. The van der Waals surface area contributed by atoms with E-state index in [1.807, 2.05) is 47.3 Å². The van der Waals surface area contributed by atoms with Gasteiger partial charge in [0.1, 0.15) is 4.90 Å². The number of nitrogens with zero attached hydrogens (tertiary/aromatic N) is 5.